The molecular weight excluding hydrogens is 152 g/mol. The van der Waals surface area contributed by atoms with Crippen LogP contribution in [0.15, 0.2) is 23.6 Å². The van der Waals surface area contributed by atoms with E-state index >= 15 is 0 Å². The second-order valence-corrected chi connectivity index (χ2v) is 2.51. The first kappa shape index (κ1) is 8.56. The maximum atomic E-state index is 8.06. The summed E-state index contributed by atoms with van der Waals surface area (Å²) >= 11 is 0. The molecule has 1 rings (SSSR count). The van der Waals surface area contributed by atoms with Crippen LogP contribution < -0.4 is 0 Å². The summed E-state index contributed by atoms with van der Waals surface area (Å²) < 4.78 is 0. The first-order valence-corrected chi connectivity index (χ1v) is 3.75. The molecule has 0 aliphatic rings. The molecule has 0 bridgehead atoms. The molecule has 0 spiro atoms. The topological polar surface area (TPSA) is 61.7 Å². The minimum Gasteiger partial charge on any atom is -0.264 e. The molecule has 0 aromatic carbocycles. The van der Waals surface area contributed by atoms with Crippen LogP contribution in [-0.4, -0.2) is 11.5 Å². The minimum atomic E-state index is 0.515. The lowest BCUT2D eigenvalue weighted by Crippen LogP contribution is -1.92. The Labute approximate surface area is 70.9 Å². The number of hydrogen-bond donors (Lipinski definition) is 0. The number of aromatic nitrogens is 1. The predicted octanol–water partition coefficient (Wildman–Crippen LogP) is 2.24. The third-order valence-corrected chi connectivity index (χ3v) is 1.68. The van der Waals surface area contributed by atoms with Crippen molar-refractivity contribution < 1.29 is 0 Å². The zero-order valence-electron chi connectivity index (χ0n) is 6.94. The SMILES string of the molecule is Cc1cnccc1CCN=[N+]=[N-]. The molecule has 0 radical (unpaired) electrons. The highest BCUT2D eigenvalue weighted by Crippen LogP contribution is 2.05. The summed E-state index contributed by atoms with van der Waals surface area (Å²) in [6.45, 7) is 2.51. The van der Waals surface area contributed by atoms with Gasteiger partial charge < -0.3 is 0 Å². The van der Waals surface area contributed by atoms with E-state index in [1.54, 1.807) is 6.20 Å². The van der Waals surface area contributed by atoms with E-state index in [0.717, 1.165) is 12.0 Å². The molecule has 0 saturated carbocycles. The monoisotopic (exact) mass is 162 g/mol. The summed E-state index contributed by atoms with van der Waals surface area (Å²) in [5.41, 5.74) is 10.4. The van der Waals surface area contributed by atoms with Gasteiger partial charge in [-0.15, -0.1) is 0 Å². The largest absolute Gasteiger partial charge is 0.264 e. The summed E-state index contributed by atoms with van der Waals surface area (Å²) in [4.78, 5) is 6.66. The van der Waals surface area contributed by atoms with Gasteiger partial charge in [0.05, 0.1) is 0 Å². The molecule has 62 valence electrons. The van der Waals surface area contributed by atoms with Crippen LogP contribution in [0.5, 0.6) is 0 Å². The molecular formula is C8H10N4. The second kappa shape index (κ2) is 4.36. The highest BCUT2D eigenvalue weighted by molar-refractivity contribution is 5.21. The van der Waals surface area contributed by atoms with Crippen molar-refractivity contribution >= 4 is 0 Å². The van der Waals surface area contributed by atoms with E-state index in [2.05, 4.69) is 15.0 Å². The van der Waals surface area contributed by atoms with Crippen LogP contribution in [0.2, 0.25) is 0 Å². The molecule has 0 fully saturated rings. The molecule has 0 unspecified atom stereocenters. The van der Waals surface area contributed by atoms with Crippen LogP contribution in [0.4, 0.5) is 0 Å². The van der Waals surface area contributed by atoms with Crippen LogP contribution in [0.25, 0.3) is 10.4 Å². The van der Waals surface area contributed by atoms with Crippen molar-refractivity contribution in [3.63, 3.8) is 0 Å². The van der Waals surface area contributed by atoms with Gasteiger partial charge >= 0.3 is 0 Å². The summed E-state index contributed by atoms with van der Waals surface area (Å²) in [5, 5.41) is 3.47. The zero-order valence-corrected chi connectivity index (χ0v) is 6.94. The van der Waals surface area contributed by atoms with Gasteiger partial charge in [-0.05, 0) is 36.1 Å². The molecule has 0 aliphatic heterocycles. The fourth-order valence-corrected chi connectivity index (χ4v) is 0.998. The normalized spacial score (nSPS) is 9.08. The average molecular weight is 162 g/mol. The van der Waals surface area contributed by atoms with Gasteiger partial charge in [0, 0.05) is 23.9 Å². The van der Waals surface area contributed by atoms with E-state index in [0.29, 0.717) is 6.54 Å². The van der Waals surface area contributed by atoms with Crippen LogP contribution >= 0.6 is 0 Å². The molecule has 12 heavy (non-hydrogen) atoms. The van der Waals surface area contributed by atoms with Crippen molar-refractivity contribution in [1.29, 1.82) is 0 Å². The molecule has 0 amide bonds. The highest BCUT2D eigenvalue weighted by Gasteiger charge is 1.94. The van der Waals surface area contributed by atoms with Crippen molar-refractivity contribution in [2.45, 2.75) is 13.3 Å². The lowest BCUT2D eigenvalue weighted by molar-refractivity contribution is 0.940. The Morgan fingerprint density at radius 1 is 1.67 bits per heavy atom. The third kappa shape index (κ3) is 2.25. The number of hydrogen-bond acceptors (Lipinski definition) is 2. The summed E-state index contributed by atoms with van der Waals surface area (Å²) in [6.07, 6.45) is 4.35. The van der Waals surface area contributed by atoms with Crippen LogP contribution in [0, 0.1) is 6.92 Å². The van der Waals surface area contributed by atoms with E-state index in [4.69, 9.17) is 5.53 Å². The van der Waals surface area contributed by atoms with Gasteiger partial charge in [0.25, 0.3) is 0 Å². The molecule has 0 atom stereocenters. The molecule has 4 heteroatoms. The van der Waals surface area contributed by atoms with Gasteiger partial charge in [0.2, 0.25) is 0 Å². The minimum absolute atomic E-state index is 0.515. The smallest absolute Gasteiger partial charge is 0.0299 e. The molecule has 1 heterocycles. The maximum absolute atomic E-state index is 8.06. The highest BCUT2D eigenvalue weighted by atomic mass is 15.1. The van der Waals surface area contributed by atoms with Gasteiger partial charge in [-0.2, -0.15) is 0 Å². The molecule has 0 aliphatic carbocycles. The fraction of sp³-hybridized carbons (Fsp3) is 0.375. The van der Waals surface area contributed by atoms with E-state index in [1.807, 2.05) is 19.2 Å². The number of aryl methyl sites for hydroxylation is 1. The first-order valence-electron chi connectivity index (χ1n) is 3.75. The van der Waals surface area contributed by atoms with Gasteiger partial charge in [-0.3, -0.25) is 4.98 Å². The molecule has 0 N–H and O–H groups in total. The van der Waals surface area contributed by atoms with E-state index in [1.165, 1.54) is 5.56 Å². The van der Waals surface area contributed by atoms with Gasteiger partial charge in [-0.1, -0.05) is 5.11 Å². The van der Waals surface area contributed by atoms with E-state index in [9.17, 15) is 0 Å². The molecule has 0 saturated heterocycles. The number of pyridine rings is 1. The number of rotatable bonds is 3. The summed E-state index contributed by atoms with van der Waals surface area (Å²) in [7, 11) is 0. The van der Waals surface area contributed by atoms with Gasteiger partial charge in [0.15, 0.2) is 0 Å². The first-order chi connectivity index (χ1) is 5.84. The Kier molecular flexibility index (Phi) is 3.11. The Hall–Kier alpha value is -1.54. The average Bonchev–Trinajstić information content (AvgIpc) is 2.09. The van der Waals surface area contributed by atoms with E-state index < -0.39 is 0 Å². The van der Waals surface area contributed by atoms with Gasteiger partial charge in [0.1, 0.15) is 0 Å². The van der Waals surface area contributed by atoms with Gasteiger partial charge in [-0.25, -0.2) is 0 Å². The number of nitrogens with zero attached hydrogens (tertiary/aromatic N) is 4. The van der Waals surface area contributed by atoms with Crippen LogP contribution in [-0.2, 0) is 6.42 Å². The Morgan fingerprint density at radius 2 is 2.50 bits per heavy atom. The van der Waals surface area contributed by atoms with Crippen molar-refractivity contribution in [1.82, 2.24) is 4.98 Å². The van der Waals surface area contributed by atoms with Crippen molar-refractivity contribution in [3.8, 4) is 0 Å². The third-order valence-electron chi connectivity index (χ3n) is 1.68. The molecule has 1 aromatic rings. The lowest BCUT2D eigenvalue weighted by Gasteiger charge is -2.00. The standard InChI is InChI=1S/C8H10N4/c1-7-6-10-4-2-8(7)3-5-11-12-9/h2,4,6H,3,5H2,1H3. The molecule has 4 nitrogen and oxygen atoms in total. The fourth-order valence-electron chi connectivity index (χ4n) is 0.998. The zero-order chi connectivity index (χ0) is 8.81. The second-order valence-electron chi connectivity index (χ2n) is 2.51. The number of azide groups is 1. The Bertz CT molecular complexity index is 302. The van der Waals surface area contributed by atoms with E-state index in [-0.39, 0.29) is 0 Å². The van der Waals surface area contributed by atoms with Crippen LogP contribution in [0.3, 0.4) is 0 Å². The summed E-state index contributed by atoms with van der Waals surface area (Å²) in [6, 6.07) is 1.95. The van der Waals surface area contributed by atoms with Crippen molar-refractivity contribution in [2.75, 3.05) is 6.54 Å². The molecule has 1 aromatic heterocycles. The maximum Gasteiger partial charge on any atom is 0.0299 e. The predicted molar refractivity (Wildman–Crippen MR) is 46.7 cm³/mol. The van der Waals surface area contributed by atoms with Crippen molar-refractivity contribution in [2.24, 2.45) is 5.11 Å². The Balaban J connectivity index is 2.62. The lowest BCUT2D eigenvalue weighted by atomic mass is 10.1. The summed E-state index contributed by atoms with van der Waals surface area (Å²) in [5.74, 6) is 0. The van der Waals surface area contributed by atoms with Crippen LogP contribution in [0.1, 0.15) is 11.1 Å². The van der Waals surface area contributed by atoms with Crippen molar-refractivity contribution in [3.05, 3.63) is 40.0 Å². The quantitative estimate of drug-likeness (QED) is 0.382. The Morgan fingerprint density at radius 3 is 3.17 bits per heavy atom.